The number of halogens is 1. The summed E-state index contributed by atoms with van der Waals surface area (Å²) in [5.41, 5.74) is 2.66. The fraction of sp³-hybridized carbons (Fsp3) is 0.538. The van der Waals surface area contributed by atoms with Gasteiger partial charge in [0.1, 0.15) is 0 Å². The van der Waals surface area contributed by atoms with Crippen LogP contribution in [0.5, 0.6) is 0 Å². The van der Waals surface area contributed by atoms with Crippen LogP contribution in [0.4, 0.5) is 5.69 Å². The van der Waals surface area contributed by atoms with E-state index >= 15 is 0 Å². The van der Waals surface area contributed by atoms with Gasteiger partial charge in [0.25, 0.3) is 0 Å². The zero-order chi connectivity index (χ0) is 11.0. The van der Waals surface area contributed by atoms with Gasteiger partial charge in [0.05, 0.1) is 0 Å². The topological polar surface area (TPSA) is 15.3 Å². The van der Waals surface area contributed by atoms with Crippen LogP contribution in [0.2, 0.25) is 5.02 Å². The first kappa shape index (κ1) is 10.4. The van der Waals surface area contributed by atoms with Crippen LogP contribution >= 0.6 is 11.6 Å². The van der Waals surface area contributed by atoms with Crippen molar-refractivity contribution in [3.8, 4) is 0 Å². The van der Waals surface area contributed by atoms with Gasteiger partial charge in [0, 0.05) is 23.3 Å². The van der Waals surface area contributed by atoms with Gasteiger partial charge in [-0.2, -0.15) is 0 Å². The number of fused-ring (bicyclic) bond motifs is 1. The summed E-state index contributed by atoms with van der Waals surface area (Å²) in [6, 6.07) is 6.86. The number of anilines is 1. The van der Waals surface area contributed by atoms with E-state index in [1.54, 1.807) is 0 Å². The summed E-state index contributed by atoms with van der Waals surface area (Å²) in [7, 11) is 0. The molecule has 0 saturated carbocycles. The average Bonchev–Trinajstić information content (AvgIpc) is 2.81. The Hall–Kier alpha value is -0.730. The lowest BCUT2D eigenvalue weighted by Crippen LogP contribution is -2.30. The summed E-state index contributed by atoms with van der Waals surface area (Å²) in [4.78, 5) is 2.62. The molecule has 0 aromatic heterocycles. The van der Waals surface area contributed by atoms with E-state index < -0.39 is 0 Å². The van der Waals surface area contributed by atoms with Crippen molar-refractivity contribution in [2.24, 2.45) is 0 Å². The highest BCUT2D eigenvalue weighted by Gasteiger charge is 2.27. The summed E-state index contributed by atoms with van der Waals surface area (Å²) in [6.07, 6.45) is 3.92. The van der Waals surface area contributed by atoms with E-state index in [4.69, 9.17) is 11.6 Å². The van der Waals surface area contributed by atoms with Crippen LogP contribution in [0.15, 0.2) is 18.2 Å². The fourth-order valence-corrected chi connectivity index (χ4v) is 3.08. The molecule has 0 aliphatic carbocycles. The van der Waals surface area contributed by atoms with Gasteiger partial charge >= 0.3 is 0 Å². The SMILES string of the molecule is Clc1ccc2c(c1)NCCC2N1CCCC1. The third-order valence-corrected chi connectivity index (χ3v) is 3.92. The van der Waals surface area contributed by atoms with Crippen molar-refractivity contribution in [2.75, 3.05) is 25.0 Å². The van der Waals surface area contributed by atoms with Crippen molar-refractivity contribution in [3.63, 3.8) is 0 Å². The van der Waals surface area contributed by atoms with Crippen LogP contribution in [0, 0.1) is 0 Å². The van der Waals surface area contributed by atoms with Gasteiger partial charge < -0.3 is 5.32 Å². The van der Waals surface area contributed by atoms with Crippen LogP contribution in [-0.2, 0) is 0 Å². The highest BCUT2D eigenvalue weighted by Crippen LogP contribution is 2.37. The number of likely N-dealkylation sites (tertiary alicyclic amines) is 1. The zero-order valence-electron chi connectivity index (χ0n) is 9.38. The molecular weight excluding hydrogens is 220 g/mol. The Bertz CT molecular complexity index is 386. The van der Waals surface area contributed by atoms with E-state index in [0.717, 1.165) is 11.6 Å². The van der Waals surface area contributed by atoms with E-state index in [1.807, 2.05) is 6.07 Å². The standard InChI is InChI=1S/C13H17ClN2/c14-10-3-4-11-12(9-10)15-6-5-13(11)16-7-1-2-8-16/h3-4,9,13,15H,1-2,5-8H2. The van der Waals surface area contributed by atoms with Crippen LogP contribution < -0.4 is 5.32 Å². The number of benzene rings is 1. The van der Waals surface area contributed by atoms with Gasteiger partial charge in [-0.05, 0) is 50.0 Å². The summed E-state index contributed by atoms with van der Waals surface area (Å²) in [6.45, 7) is 3.58. The first-order valence-electron chi connectivity index (χ1n) is 6.12. The number of hydrogen-bond acceptors (Lipinski definition) is 2. The van der Waals surface area contributed by atoms with Gasteiger partial charge in [0.2, 0.25) is 0 Å². The molecule has 2 aliphatic heterocycles. The predicted octanol–water partition coefficient (Wildman–Crippen LogP) is 3.29. The maximum atomic E-state index is 6.03. The maximum absolute atomic E-state index is 6.03. The molecule has 1 fully saturated rings. The van der Waals surface area contributed by atoms with Crippen molar-refractivity contribution in [2.45, 2.75) is 25.3 Å². The Balaban J connectivity index is 1.93. The summed E-state index contributed by atoms with van der Waals surface area (Å²) < 4.78 is 0. The van der Waals surface area contributed by atoms with Crippen molar-refractivity contribution in [1.29, 1.82) is 0 Å². The minimum Gasteiger partial charge on any atom is -0.385 e. The van der Waals surface area contributed by atoms with Gasteiger partial charge in [0.15, 0.2) is 0 Å². The normalized spacial score (nSPS) is 25.2. The quantitative estimate of drug-likeness (QED) is 0.805. The average molecular weight is 237 g/mol. The molecule has 16 heavy (non-hydrogen) atoms. The monoisotopic (exact) mass is 236 g/mol. The van der Waals surface area contributed by atoms with Crippen molar-refractivity contribution in [1.82, 2.24) is 4.90 Å². The van der Waals surface area contributed by atoms with E-state index in [9.17, 15) is 0 Å². The third-order valence-electron chi connectivity index (χ3n) is 3.69. The molecule has 2 aliphatic rings. The number of nitrogens with zero attached hydrogens (tertiary/aromatic N) is 1. The number of hydrogen-bond donors (Lipinski definition) is 1. The molecular formula is C13H17ClN2. The van der Waals surface area contributed by atoms with E-state index in [0.29, 0.717) is 6.04 Å². The first-order chi connectivity index (χ1) is 7.84. The number of nitrogens with one attached hydrogen (secondary N) is 1. The van der Waals surface area contributed by atoms with E-state index in [1.165, 1.54) is 43.6 Å². The highest BCUT2D eigenvalue weighted by atomic mass is 35.5. The maximum Gasteiger partial charge on any atom is 0.0426 e. The summed E-state index contributed by atoms with van der Waals surface area (Å²) >= 11 is 6.03. The second kappa shape index (κ2) is 4.27. The first-order valence-corrected chi connectivity index (χ1v) is 6.50. The van der Waals surface area contributed by atoms with Crippen LogP contribution in [-0.4, -0.2) is 24.5 Å². The van der Waals surface area contributed by atoms with Gasteiger partial charge in [-0.25, -0.2) is 0 Å². The fourth-order valence-electron chi connectivity index (χ4n) is 2.90. The second-order valence-corrected chi connectivity index (χ2v) is 5.14. The molecule has 1 unspecified atom stereocenters. The minimum absolute atomic E-state index is 0.607. The molecule has 3 rings (SSSR count). The lowest BCUT2D eigenvalue weighted by molar-refractivity contribution is 0.234. The Labute approximate surface area is 102 Å². The van der Waals surface area contributed by atoms with E-state index in [2.05, 4.69) is 22.3 Å². The predicted molar refractivity (Wildman–Crippen MR) is 68.1 cm³/mol. The third kappa shape index (κ3) is 1.80. The minimum atomic E-state index is 0.607. The summed E-state index contributed by atoms with van der Waals surface area (Å²) in [5.74, 6) is 0. The molecule has 1 N–H and O–H groups in total. The van der Waals surface area contributed by atoms with Gasteiger partial charge in [-0.15, -0.1) is 0 Å². The van der Waals surface area contributed by atoms with Crippen LogP contribution in [0.1, 0.15) is 30.9 Å². The lowest BCUT2D eigenvalue weighted by atomic mass is 9.97. The molecule has 2 heterocycles. The lowest BCUT2D eigenvalue weighted by Gasteiger charge is -2.33. The Kier molecular flexibility index (Phi) is 2.78. The van der Waals surface area contributed by atoms with Crippen LogP contribution in [0.25, 0.3) is 0 Å². The molecule has 86 valence electrons. The summed E-state index contributed by atoms with van der Waals surface area (Å²) in [5, 5.41) is 4.27. The Morgan fingerprint density at radius 3 is 2.88 bits per heavy atom. The van der Waals surface area contributed by atoms with E-state index in [-0.39, 0.29) is 0 Å². The molecule has 1 aromatic rings. The molecule has 0 spiro atoms. The van der Waals surface area contributed by atoms with Crippen LogP contribution in [0.3, 0.4) is 0 Å². The van der Waals surface area contributed by atoms with Gasteiger partial charge in [-0.3, -0.25) is 4.90 Å². The number of rotatable bonds is 1. The molecule has 0 amide bonds. The molecule has 1 atom stereocenters. The van der Waals surface area contributed by atoms with Crippen molar-refractivity contribution < 1.29 is 0 Å². The molecule has 0 bridgehead atoms. The van der Waals surface area contributed by atoms with Crippen molar-refractivity contribution >= 4 is 17.3 Å². The largest absolute Gasteiger partial charge is 0.385 e. The Morgan fingerprint density at radius 2 is 2.06 bits per heavy atom. The van der Waals surface area contributed by atoms with Gasteiger partial charge in [-0.1, -0.05) is 17.7 Å². The molecule has 3 heteroatoms. The molecule has 2 nitrogen and oxygen atoms in total. The molecule has 0 radical (unpaired) electrons. The smallest absolute Gasteiger partial charge is 0.0426 e. The zero-order valence-corrected chi connectivity index (χ0v) is 10.1. The molecule has 1 saturated heterocycles. The second-order valence-electron chi connectivity index (χ2n) is 4.71. The molecule has 1 aromatic carbocycles. The highest BCUT2D eigenvalue weighted by molar-refractivity contribution is 6.30. The Morgan fingerprint density at radius 1 is 1.25 bits per heavy atom. The van der Waals surface area contributed by atoms with Crippen molar-refractivity contribution in [3.05, 3.63) is 28.8 Å².